The number of rotatable bonds is 4. The minimum atomic E-state index is -0.685. The third-order valence-electron chi connectivity index (χ3n) is 7.25. The van der Waals surface area contributed by atoms with Crippen LogP contribution in [0.25, 0.3) is 0 Å². The van der Waals surface area contributed by atoms with E-state index >= 15 is 0 Å². The molecule has 0 aromatic heterocycles. The van der Waals surface area contributed by atoms with Crippen LogP contribution in [-0.4, -0.2) is 41.0 Å². The van der Waals surface area contributed by atoms with Crippen LogP contribution >= 0.6 is 0 Å². The summed E-state index contributed by atoms with van der Waals surface area (Å²) in [5.41, 5.74) is -0.452. The molecule has 1 aromatic rings. The van der Waals surface area contributed by atoms with Crippen LogP contribution in [0.2, 0.25) is 0 Å². The van der Waals surface area contributed by atoms with E-state index in [2.05, 4.69) is 5.32 Å². The van der Waals surface area contributed by atoms with Crippen LogP contribution in [0, 0.1) is 17.7 Å². The number of ether oxygens (including phenoxy) is 1. The van der Waals surface area contributed by atoms with Crippen LogP contribution < -0.4 is 5.32 Å². The molecule has 3 fully saturated rings. The predicted octanol–water partition coefficient (Wildman–Crippen LogP) is 2.90. The first kappa shape index (κ1) is 18.8. The molecule has 1 saturated carbocycles. The van der Waals surface area contributed by atoms with Gasteiger partial charge in [-0.05, 0) is 44.4 Å². The van der Waals surface area contributed by atoms with Crippen molar-refractivity contribution in [3.05, 3.63) is 47.8 Å². The minimum absolute atomic E-state index is 0.00164. The van der Waals surface area contributed by atoms with E-state index in [4.69, 9.17) is 4.74 Å². The number of nitrogens with one attached hydrogen (secondary N) is 1. The largest absolute Gasteiger partial charge is 0.360 e. The van der Waals surface area contributed by atoms with Crippen molar-refractivity contribution < 1.29 is 18.7 Å². The predicted molar refractivity (Wildman–Crippen MR) is 105 cm³/mol. The van der Waals surface area contributed by atoms with Gasteiger partial charge in [0.1, 0.15) is 11.4 Å². The molecule has 3 aliphatic heterocycles. The van der Waals surface area contributed by atoms with Crippen LogP contribution in [0.4, 0.5) is 4.39 Å². The molecular formula is C23H27FN2O3. The smallest absolute Gasteiger partial charge is 0.230 e. The maximum atomic E-state index is 13.9. The lowest BCUT2D eigenvalue weighted by molar-refractivity contribution is -0.139. The summed E-state index contributed by atoms with van der Waals surface area (Å²) in [6.07, 6.45) is 7.05. The van der Waals surface area contributed by atoms with Crippen molar-refractivity contribution in [1.82, 2.24) is 10.2 Å². The first-order valence-electron chi connectivity index (χ1n) is 10.6. The number of benzene rings is 1. The quantitative estimate of drug-likeness (QED) is 0.794. The second kappa shape index (κ2) is 6.39. The van der Waals surface area contributed by atoms with Gasteiger partial charge in [-0.3, -0.25) is 9.59 Å². The summed E-state index contributed by atoms with van der Waals surface area (Å²) >= 11 is 0. The molecule has 4 aliphatic rings. The Morgan fingerprint density at radius 3 is 2.76 bits per heavy atom. The van der Waals surface area contributed by atoms with E-state index in [1.165, 1.54) is 12.1 Å². The molecule has 0 unspecified atom stereocenters. The Balaban J connectivity index is 1.45. The molecular weight excluding hydrogens is 371 g/mol. The normalized spacial score (nSPS) is 34.3. The fraction of sp³-hybridized carbons (Fsp3) is 0.565. The van der Waals surface area contributed by atoms with E-state index in [0.29, 0.717) is 6.54 Å². The van der Waals surface area contributed by atoms with Gasteiger partial charge in [0.15, 0.2) is 0 Å². The molecule has 0 radical (unpaired) electrons. The van der Waals surface area contributed by atoms with Crippen molar-refractivity contribution in [1.29, 1.82) is 0 Å². The van der Waals surface area contributed by atoms with E-state index in [0.717, 1.165) is 31.2 Å². The van der Waals surface area contributed by atoms with Crippen molar-refractivity contribution >= 4 is 11.8 Å². The molecule has 29 heavy (non-hydrogen) atoms. The number of carbonyl (C=O) groups is 2. The molecule has 1 N–H and O–H groups in total. The van der Waals surface area contributed by atoms with Gasteiger partial charge in [0.05, 0.1) is 30.0 Å². The zero-order chi connectivity index (χ0) is 20.4. The summed E-state index contributed by atoms with van der Waals surface area (Å²) < 4.78 is 20.1. The highest BCUT2D eigenvalue weighted by Crippen LogP contribution is 2.52. The molecule has 5 rings (SSSR count). The molecule has 4 atom stereocenters. The molecule has 2 saturated heterocycles. The Labute approximate surface area is 170 Å². The lowest BCUT2D eigenvalue weighted by atomic mass is 9.76. The van der Waals surface area contributed by atoms with E-state index < -0.39 is 23.0 Å². The number of likely N-dealkylation sites (tertiary alicyclic amines) is 1. The third kappa shape index (κ3) is 2.68. The van der Waals surface area contributed by atoms with Crippen molar-refractivity contribution in [2.75, 3.05) is 6.54 Å². The van der Waals surface area contributed by atoms with Gasteiger partial charge in [-0.25, -0.2) is 4.39 Å². The Kier molecular flexibility index (Phi) is 4.14. The van der Waals surface area contributed by atoms with Gasteiger partial charge in [0.25, 0.3) is 0 Å². The van der Waals surface area contributed by atoms with E-state index in [9.17, 15) is 14.0 Å². The topological polar surface area (TPSA) is 58.6 Å². The molecule has 1 aromatic carbocycles. The SMILES string of the molecule is CC(C)N1C[C@]23C=C[C@H](O2)[C@H](C(=O)NC2(c4cccc(F)c4)CCCC2)[C@@H]3C1=O. The molecule has 5 nitrogen and oxygen atoms in total. The number of carbonyl (C=O) groups excluding carboxylic acids is 2. The van der Waals surface area contributed by atoms with Crippen LogP contribution in [0.5, 0.6) is 0 Å². The van der Waals surface area contributed by atoms with Gasteiger partial charge >= 0.3 is 0 Å². The maximum Gasteiger partial charge on any atom is 0.230 e. The van der Waals surface area contributed by atoms with Crippen LogP contribution in [0.15, 0.2) is 36.4 Å². The average molecular weight is 398 g/mol. The van der Waals surface area contributed by atoms with Crippen molar-refractivity contribution in [3.8, 4) is 0 Å². The fourth-order valence-corrected chi connectivity index (χ4v) is 5.83. The number of amides is 2. The minimum Gasteiger partial charge on any atom is -0.360 e. The number of hydrogen-bond donors (Lipinski definition) is 1. The van der Waals surface area contributed by atoms with Gasteiger partial charge in [0, 0.05) is 6.04 Å². The van der Waals surface area contributed by atoms with E-state index in [-0.39, 0.29) is 29.8 Å². The summed E-state index contributed by atoms with van der Waals surface area (Å²) in [6.45, 7) is 4.47. The molecule has 2 amide bonds. The number of fused-ring (bicyclic) bond motifs is 1. The summed E-state index contributed by atoms with van der Waals surface area (Å²) in [4.78, 5) is 28.5. The Morgan fingerprint density at radius 1 is 1.31 bits per heavy atom. The summed E-state index contributed by atoms with van der Waals surface area (Å²) in [5.74, 6) is -1.48. The summed E-state index contributed by atoms with van der Waals surface area (Å²) in [6, 6.07) is 6.58. The van der Waals surface area contributed by atoms with Gasteiger partial charge in [-0.2, -0.15) is 0 Å². The first-order chi connectivity index (χ1) is 13.9. The number of halogens is 1. The second-order valence-electron chi connectivity index (χ2n) is 9.25. The van der Waals surface area contributed by atoms with Crippen molar-refractivity contribution in [3.63, 3.8) is 0 Å². The van der Waals surface area contributed by atoms with Crippen molar-refractivity contribution in [2.24, 2.45) is 11.8 Å². The summed E-state index contributed by atoms with van der Waals surface area (Å²) in [7, 11) is 0. The Hall–Kier alpha value is -2.21. The monoisotopic (exact) mass is 398 g/mol. The van der Waals surface area contributed by atoms with Crippen LogP contribution in [0.1, 0.15) is 45.1 Å². The third-order valence-corrected chi connectivity index (χ3v) is 7.25. The first-order valence-corrected chi connectivity index (χ1v) is 10.6. The number of hydrogen-bond acceptors (Lipinski definition) is 3. The van der Waals surface area contributed by atoms with Gasteiger partial charge in [-0.1, -0.05) is 37.1 Å². The van der Waals surface area contributed by atoms with E-state index in [1.807, 2.05) is 37.0 Å². The molecule has 6 heteroatoms. The Bertz CT molecular complexity index is 892. The Morgan fingerprint density at radius 2 is 2.07 bits per heavy atom. The average Bonchev–Trinajstić information content (AvgIpc) is 3.43. The highest BCUT2D eigenvalue weighted by Gasteiger charge is 2.67. The molecule has 3 heterocycles. The highest BCUT2D eigenvalue weighted by atomic mass is 19.1. The lowest BCUT2D eigenvalue weighted by Gasteiger charge is -2.34. The number of nitrogens with zero attached hydrogens (tertiary/aromatic N) is 1. The standard InChI is InChI=1S/C23H27FN2O3/c1-14(2)26-13-23-11-8-17(29-23)18(19(23)21(26)28)20(27)25-22(9-3-4-10-22)15-6-5-7-16(24)12-15/h5-8,11-12,14,17-19H,3-4,9-10,13H2,1-2H3,(H,25,27)/t17-,18-,19+,23-/m0/s1. The van der Waals surface area contributed by atoms with Gasteiger partial charge in [-0.15, -0.1) is 0 Å². The molecule has 1 spiro atoms. The fourth-order valence-electron chi connectivity index (χ4n) is 5.83. The van der Waals surface area contributed by atoms with E-state index in [1.54, 1.807) is 6.07 Å². The summed E-state index contributed by atoms with van der Waals surface area (Å²) in [5, 5.41) is 3.25. The lowest BCUT2D eigenvalue weighted by Crippen LogP contribution is -2.51. The van der Waals surface area contributed by atoms with Gasteiger partial charge in [0.2, 0.25) is 11.8 Å². The zero-order valence-electron chi connectivity index (χ0n) is 16.9. The van der Waals surface area contributed by atoms with Crippen molar-refractivity contribution in [2.45, 2.75) is 62.8 Å². The molecule has 2 bridgehead atoms. The van der Waals surface area contributed by atoms with Crippen LogP contribution in [-0.2, 0) is 19.9 Å². The van der Waals surface area contributed by atoms with Crippen LogP contribution in [0.3, 0.4) is 0 Å². The highest BCUT2D eigenvalue weighted by molar-refractivity contribution is 5.93. The van der Waals surface area contributed by atoms with Gasteiger partial charge < -0.3 is 15.0 Å². The molecule has 154 valence electrons. The zero-order valence-corrected chi connectivity index (χ0v) is 16.9. The molecule has 1 aliphatic carbocycles. The second-order valence-corrected chi connectivity index (χ2v) is 9.25. The maximum absolute atomic E-state index is 13.9.